The average Bonchev–Trinajstić information content (AvgIpc) is 3.73. The maximum Gasteiger partial charge on any atom is 0.334 e. The molecule has 0 aromatic rings. The molecule has 3 saturated carbocycles. The summed E-state index contributed by atoms with van der Waals surface area (Å²) in [5, 5.41) is 50.9. The smallest absolute Gasteiger partial charge is 0.334 e. The summed E-state index contributed by atoms with van der Waals surface area (Å²) in [7, 11) is 0. The second kappa shape index (κ2) is 19.0. The van der Waals surface area contributed by atoms with E-state index in [2.05, 4.69) is 17.6 Å². The maximum absolute atomic E-state index is 14.2. The van der Waals surface area contributed by atoms with Crippen molar-refractivity contribution in [2.24, 2.45) is 64.7 Å². The molecule has 13 heteroatoms. The van der Waals surface area contributed by atoms with E-state index in [1.165, 1.54) is 0 Å². The van der Waals surface area contributed by atoms with Gasteiger partial charge < -0.3 is 51.0 Å². The van der Waals surface area contributed by atoms with Crippen LogP contribution in [0.4, 0.5) is 0 Å². The molecule has 3 aliphatic carbocycles. The summed E-state index contributed by atoms with van der Waals surface area (Å²) in [6.07, 6.45) is 9.89. The number of Topliss-reactive ketones (excluding diaryl/α,β-unsaturated/α-hetero) is 1. The van der Waals surface area contributed by atoms with Crippen LogP contribution in [0.15, 0.2) is 11.6 Å². The van der Waals surface area contributed by atoms with E-state index in [0.29, 0.717) is 43.7 Å². The Morgan fingerprint density at radius 2 is 1.81 bits per heavy atom. The van der Waals surface area contributed by atoms with E-state index in [-0.39, 0.29) is 73.3 Å². The Kier molecular flexibility index (Phi) is 14.5. The highest BCUT2D eigenvalue weighted by atomic mass is 16.6. The summed E-state index contributed by atoms with van der Waals surface area (Å²) in [6.45, 7) is 5.19. The Hall–Kier alpha value is -1.52. The molecule has 57 heavy (non-hydrogen) atoms. The topological polar surface area (TPSA) is 223 Å². The summed E-state index contributed by atoms with van der Waals surface area (Å²) in [6, 6.07) is 0. The number of piperidine rings is 2. The molecule has 324 valence electrons. The minimum Gasteiger partial charge on any atom is -0.456 e. The van der Waals surface area contributed by atoms with Crippen LogP contribution in [0.1, 0.15) is 117 Å². The van der Waals surface area contributed by atoms with Crippen LogP contribution < -0.4 is 22.1 Å². The number of aliphatic hydroxyl groups excluding tert-OH is 4. The summed E-state index contributed by atoms with van der Waals surface area (Å²) in [5.74, 6) is -2.07. The number of hydrogen-bond donors (Lipinski definition) is 8. The van der Waals surface area contributed by atoms with Crippen LogP contribution in [-0.2, 0) is 23.8 Å². The zero-order valence-corrected chi connectivity index (χ0v) is 34.6. The van der Waals surface area contributed by atoms with Crippen LogP contribution in [0.3, 0.4) is 0 Å². The van der Waals surface area contributed by atoms with E-state index < -0.39 is 60.0 Å². The molecule has 0 amide bonds. The van der Waals surface area contributed by atoms with Gasteiger partial charge in [0, 0.05) is 42.8 Å². The van der Waals surface area contributed by atoms with Gasteiger partial charge in [0.05, 0.1) is 55.8 Å². The van der Waals surface area contributed by atoms with Crippen molar-refractivity contribution < 1.29 is 49.5 Å². The first-order chi connectivity index (χ1) is 27.4. The molecule has 7 rings (SSSR count). The first-order valence-electron chi connectivity index (χ1n) is 22.8. The molecule has 0 aromatic heterocycles. The van der Waals surface area contributed by atoms with Gasteiger partial charge in [0.25, 0.3) is 0 Å². The van der Waals surface area contributed by atoms with Crippen LogP contribution in [-0.4, -0.2) is 113 Å². The summed E-state index contributed by atoms with van der Waals surface area (Å²) >= 11 is 0. The molecule has 0 spiro atoms. The number of rotatable bonds is 12. The Morgan fingerprint density at radius 3 is 2.47 bits per heavy atom. The predicted octanol–water partition coefficient (Wildman–Crippen LogP) is 1.62. The molecule has 7 fully saturated rings. The van der Waals surface area contributed by atoms with Gasteiger partial charge in [-0.2, -0.15) is 0 Å². The molecule has 4 heterocycles. The number of quaternary nitrogens is 1. The van der Waals surface area contributed by atoms with E-state index >= 15 is 0 Å². The molecule has 4 saturated heterocycles. The number of carbonyl (C=O) groups excluding carboxylic acids is 2. The number of hydrogen-bond acceptors (Lipinski definition) is 12. The molecule has 17 atom stereocenters. The number of nitrogens with two attached hydrogens (primary N) is 3. The minimum atomic E-state index is -1.11. The van der Waals surface area contributed by atoms with Crippen LogP contribution in [0.25, 0.3) is 0 Å². The fraction of sp³-hybridized carbons (Fsp3) is 0.909. The third-order valence-corrected chi connectivity index (χ3v) is 16.1. The Morgan fingerprint density at radius 1 is 1.02 bits per heavy atom. The van der Waals surface area contributed by atoms with Crippen molar-refractivity contribution in [2.75, 3.05) is 26.3 Å². The van der Waals surface area contributed by atoms with Gasteiger partial charge >= 0.3 is 5.97 Å². The molecule has 0 radical (unpaired) electrons. The second-order valence-corrected chi connectivity index (χ2v) is 19.6. The van der Waals surface area contributed by atoms with Crippen molar-refractivity contribution in [3.8, 4) is 0 Å². The van der Waals surface area contributed by atoms with E-state index in [4.69, 9.17) is 25.7 Å². The number of carbonyl (C=O) groups is 2. The molecule has 0 bridgehead atoms. The second-order valence-electron chi connectivity index (χ2n) is 19.6. The highest BCUT2D eigenvalue weighted by Gasteiger charge is 2.64. The molecular weight excluding hydrogens is 729 g/mol. The number of ketones is 1. The quantitative estimate of drug-likeness (QED) is 0.104. The standard InChI is InChI=1S/C44H74N4O9/c1-3-30(25-7-4-5-8-25)43(54)56-34-20-31-40(53)38-33(52)19-29(22-49)55-42(38)39(41(31)57-44(34,2)15-13-24-11-12-35(45)48-21-24)37(27-14-16-47-36(46)18-27)32(23-50)26-9-6-10-28(51)17-26/h3,24-29,31-32,34-42,47-51,53H,4-23,45-46H2,1-2H3/p+1/t24?,26?,27?,28?,29?,31?,32-,34+,35?,36?,37+,38?,39?,40?,41?,42?,44+/m1/s1. The van der Waals surface area contributed by atoms with Crippen LogP contribution >= 0.6 is 0 Å². The van der Waals surface area contributed by atoms with Crippen molar-refractivity contribution >= 4 is 11.8 Å². The van der Waals surface area contributed by atoms with Crippen LogP contribution in [0.5, 0.6) is 0 Å². The number of esters is 1. The van der Waals surface area contributed by atoms with Crippen molar-refractivity contribution in [3.05, 3.63) is 11.6 Å². The molecule has 0 aromatic carbocycles. The van der Waals surface area contributed by atoms with Gasteiger partial charge in [-0.05, 0) is 121 Å². The van der Waals surface area contributed by atoms with E-state index in [1.807, 2.05) is 13.0 Å². The molecule has 4 aliphatic heterocycles. The monoisotopic (exact) mass is 804 g/mol. The van der Waals surface area contributed by atoms with Crippen LogP contribution in [0.2, 0.25) is 0 Å². The van der Waals surface area contributed by atoms with Crippen molar-refractivity contribution in [1.29, 1.82) is 0 Å². The Bertz CT molecular complexity index is 1390. The lowest BCUT2D eigenvalue weighted by Crippen LogP contribution is -2.95. The Labute approximate surface area is 339 Å². The summed E-state index contributed by atoms with van der Waals surface area (Å²) < 4.78 is 20.9. The highest BCUT2D eigenvalue weighted by Crippen LogP contribution is 2.56. The van der Waals surface area contributed by atoms with Gasteiger partial charge in [0.15, 0.2) is 0 Å². The zero-order chi connectivity index (χ0) is 40.4. The normalized spacial score (nSPS) is 44.5. The van der Waals surface area contributed by atoms with Gasteiger partial charge in [-0.25, -0.2) is 4.79 Å². The minimum absolute atomic E-state index is 0.00502. The van der Waals surface area contributed by atoms with Gasteiger partial charge in [0.2, 0.25) is 0 Å². The fourth-order valence-electron chi connectivity index (χ4n) is 13.0. The number of fused-ring (bicyclic) bond motifs is 2. The predicted molar refractivity (Wildman–Crippen MR) is 213 cm³/mol. The number of aliphatic hydroxyl groups is 4. The van der Waals surface area contributed by atoms with Crippen molar-refractivity contribution in [2.45, 2.75) is 171 Å². The fourth-order valence-corrected chi connectivity index (χ4v) is 13.0. The largest absolute Gasteiger partial charge is 0.456 e. The first-order valence-corrected chi connectivity index (χ1v) is 22.8. The maximum atomic E-state index is 14.2. The molecular formula is C44H75N4O9+. The molecule has 13 nitrogen and oxygen atoms in total. The van der Waals surface area contributed by atoms with E-state index in [1.54, 1.807) is 0 Å². The average molecular weight is 804 g/mol. The van der Waals surface area contributed by atoms with Gasteiger partial charge in [0.1, 0.15) is 23.7 Å². The highest BCUT2D eigenvalue weighted by molar-refractivity contribution is 5.89. The van der Waals surface area contributed by atoms with Crippen molar-refractivity contribution in [1.82, 2.24) is 5.32 Å². The molecule has 13 unspecified atom stereocenters. The number of ether oxygens (including phenoxy) is 3. The summed E-state index contributed by atoms with van der Waals surface area (Å²) in [4.78, 5) is 28.4. The first kappa shape index (κ1) is 43.6. The lowest BCUT2D eigenvalue weighted by atomic mass is 9.53. The molecule has 11 N–H and O–H groups in total. The number of allylic oxidation sites excluding steroid dienone is 1. The van der Waals surface area contributed by atoms with Crippen molar-refractivity contribution in [3.63, 3.8) is 0 Å². The molecule has 7 aliphatic rings. The van der Waals surface area contributed by atoms with Crippen LogP contribution in [0, 0.1) is 53.3 Å². The van der Waals surface area contributed by atoms with Gasteiger partial charge in [-0.15, -0.1) is 0 Å². The lowest BCUT2D eigenvalue weighted by molar-refractivity contribution is -0.703. The lowest BCUT2D eigenvalue weighted by Gasteiger charge is -2.61. The van der Waals surface area contributed by atoms with E-state index in [0.717, 1.165) is 77.2 Å². The SMILES string of the molecule is CC=C(C(=O)O[C@H]1CC2C(O)C3C(=O)CC(CO)OC3C([C@@H](C3CCNC(N)C3)[C@H](CO)C3CCCC(O)C3)C2O[C@@]1(C)CCC1CCC(N)[NH2+]C1)C1CCCC1. The zero-order valence-electron chi connectivity index (χ0n) is 34.6. The third-order valence-electron chi connectivity index (χ3n) is 16.1. The Balaban J connectivity index is 1.29. The third kappa shape index (κ3) is 9.38. The van der Waals surface area contributed by atoms with Gasteiger partial charge in [-0.3, -0.25) is 10.5 Å². The van der Waals surface area contributed by atoms with Gasteiger partial charge in [-0.1, -0.05) is 25.3 Å². The number of nitrogens with one attached hydrogen (secondary N) is 1. The van der Waals surface area contributed by atoms with E-state index in [9.17, 15) is 30.0 Å². The summed E-state index contributed by atoms with van der Waals surface area (Å²) in [5.41, 5.74) is 12.7.